The molecule has 0 atom stereocenters. The quantitative estimate of drug-likeness (QED) is 0.517. The van der Waals surface area contributed by atoms with Gasteiger partial charge in [0, 0.05) is 10.4 Å². The lowest BCUT2D eigenvalue weighted by molar-refractivity contribution is -0.194. The van der Waals surface area contributed by atoms with Gasteiger partial charge in [0.1, 0.15) is 16.0 Å². The molecule has 2 aromatic heterocycles. The molecule has 1 aliphatic rings. The molecule has 0 spiro atoms. The minimum atomic E-state index is -3.78. The van der Waals surface area contributed by atoms with Crippen LogP contribution in [0.15, 0.2) is 37.5 Å². The lowest BCUT2D eigenvalue weighted by Gasteiger charge is -2.09. The van der Waals surface area contributed by atoms with E-state index in [-0.39, 0.29) is 10.8 Å². The summed E-state index contributed by atoms with van der Waals surface area (Å²) in [7, 11) is -3.78. The molecule has 0 unspecified atom stereocenters. The molecule has 0 saturated heterocycles. The highest BCUT2D eigenvalue weighted by molar-refractivity contribution is 9.10. The Hall–Kier alpha value is -1.88. The van der Waals surface area contributed by atoms with E-state index >= 15 is 0 Å². The number of rotatable bonds is 6. The molecule has 0 saturated carbocycles. The van der Waals surface area contributed by atoms with E-state index < -0.39 is 10.0 Å². The largest absolute Gasteiger partial charge is 0.337 e. The lowest BCUT2D eigenvalue weighted by atomic mass is 10.00. The van der Waals surface area contributed by atoms with Crippen molar-refractivity contribution in [1.29, 1.82) is 0 Å². The molecule has 3 aromatic rings. The Morgan fingerprint density at radius 2 is 2.11 bits per heavy atom. The van der Waals surface area contributed by atoms with Crippen molar-refractivity contribution in [3.05, 3.63) is 55.3 Å². The van der Waals surface area contributed by atoms with Crippen LogP contribution >= 0.6 is 27.3 Å². The summed E-state index contributed by atoms with van der Waals surface area (Å²) in [5.41, 5.74) is 3.81. The number of nitrogens with zero attached hydrogens (tertiary/aromatic N) is 1. The van der Waals surface area contributed by atoms with Crippen LogP contribution in [0.4, 0.5) is 5.88 Å². The first-order valence-electron chi connectivity index (χ1n) is 8.48. The number of anilines is 1. The van der Waals surface area contributed by atoms with Crippen molar-refractivity contribution in [2.24, 2.45) is 0 Å². The summed E-state index contributed by atoms with van der Waals surface area (Å²) in [6.45, 7) is 4.15. The van der Waals surface area contributed by atoms with Gasteiger partial charge in [-0.15, -0.1) is 11.3 Å². The van der Waals surface area contributed by atoms with E-state index in [9.17, 15) is 8.42 Å². The summed E-state index contributed by atoms with van der Waals surface area (Å²) >= 11 is 4.70. The van der Waals surface area contributed by atoms with Crippen molar-refractivity contribution in [3.63, 3.8) is 0 Å². The van der Waals surface area contributed by atoms with E-state index in [0.29, 0.717) is 29.6 Å². The van der Waals surface area contributed by atoms with Gasteiger partial charge in [0.15, 0.2) is 5.75 Å². The summed E-state index contributed by atoms with van der Waals surface area (Å²) in [6, 6.07) is 5.62. The zero-order chi connectivity index (χ0) is 19.9. The molecule has 1 N–H and O–H groups in total. The Balaban J connectivity index is 1.54. The summed E-state index contributed by atoms with van der Waals surface area (Å²) in [4.78, 5) is 11.2. The summed E-state index contributed by atoms with van der Waals surface area (Å²) < 4.78 is 33.7. The Kier molecular flexibility index (Phi) is 5.21. The SMILES string of the molecule is Cc1cc2c(cc1CCc1sccc1S(=O)(=O)Nc1onc(C)c1Br)COO2. The molecular formula is C18H17BrN2O5S2. The first-order chi connectivity index (χ1) is 13.3. The maximum absolute atomic E-state index is 12.8. The van der Waals surface area contributed by atoms with E-state index in [2.05, 4.69) is 31.9 Å². The van der Waals surface area contributed by atoms with Gasteiger partial charge in [0.05, 0.1) is 5.69 Å². The predicted octanol–water partition coefficient (Wildman–Crippen LogP) is 4.53. The second-order valence-corrected chi connectivity index (χ2v) is 9.90. The number of fused-ring (bicyclic) bond motifs is 1. The molecule has 4 rings (SSSR count). The predicted molar refractivity (Wildman–Crippen MR) is 108 cm³/mol. The molecule has 7 nitrogen and oxygen atoms in total. The molecule has 148 valence electrons. The van der Waals surface area contributed by atoms with Crippen molar-refractivity contribution >= 4 is 43.2 Å². The van der Waals surface area contributed by atoms with Gasteiger partial charge < -0.3 is 9.41 Å². The Morgan fingerprint density at radius 1 is 1.29 bits per heavy atom. The van der Waals surface area contributed by atoms with Crippen LogP contribution in [0, 0.1) is 13.8 Å². The van der Waals surface area contributed by atoms with E-state index in [1.54, 1.807) is 18.4 Å². The van der Waals surface area contributed by atoms with Crippen molar-refractivity contribution in [2.45, 2.75) is 38.2 Å². The number of aryl methyl sites for hydroxylation is 4. The molecule has 1 aliphatic heterocycles. The molecule has 3 heterocycles. The fraction of sp³-hybridized carbons (Fsp3) is 0.278. The van der Waals surface area contributed by atoms with Crippen LogP contribution in [0.25, 0.3) is 0 Å². The second-order valence-electron chi connectivity index (χ2n) is 6.46. The maximum Gasteiger partial charge on any atom is 0.265 e. The van der Waals surface area contributed by atoms with Crippen molar-refractivity contribution in [2.75, 3.05) is 4.72 Å². The van der Waals surface area contributed by atoms with Gasteiger partial charge in [-0.3, -0.25) is 0 Å². The van der Waals surface area contributed by atoms with Crippen LogP contribution in [0.2, 0.25) is 0 Å². The number of halogens is 1. The topological polar surface area (TPSA) is 90.7 Å². The standard InChI is InChI=1S/C18H17BrN2O5S2/c1-10-7-14-13(9-24-26-14)8-12(10)3-4-15-16(5-6-27-15)28(22,23)21-18-17(19)11(2)20-25-18/h5-8,21H,3-4,9H2,1-2H3. The first kappa shape index (κ1) is 19.4. The van der Waals surface area contributed by atoms with E-state index in [4.69, 9.17) is 14.3 Å². The fourth-order valence-electron chi connectivity index (χ4n) is 2.99. The van der Waals surface area contributed by atoms with Gasteiger partial charge in [0.2, 0.25) is 0 Å². The van der Waals surface area contributed by atoms with Crippen LogP contribution in [0.5, 0.6) is 5.75 Å². The second kappa shape index (κ2) is 7.51. The van der Waals surface area contributed by atoms with Crippen LogP contribution in [0.3, 0.4) is 0 Å². The molecule has 0 fully saturated rings. The zero-order valence-corrected chi connectivity index (χ0v) is 18.3. The molecule has 0 aliphatic carbocycles. The fourth-order valence-corrected chi connectivity index (χ4v) is 5.84. The number of benzene rings is 1. The summed E-state index contributed by atoms with van der Waals surface area (Å²) in [5.74, 6) is 0.821. The highest BCUT2D eigenvalue weighted by Gasteiger charge is 2.24. The van der Waals surface area contributed by atoms with Gasteiger partial charge >= 0.3 is 0 Å². The van der Waals surface area contributed by atoms with Crippen LogP contribution in [-0.2, 0) is 34.4 Å². The number of nitrogens with one attached hydrogen (secondary N) is 1. The molecule has 0 amide bonds. The van der Waals surface area contributed by atoms with Crippen molar-refractivity contribution in [3.8, 4) is 5.75 Å². The Bertz CT molecular complexity index is 1140. The first-order valence-corrected chi connectivity index (χ1v) is 11.6. The average molecular weight is 485 g/mol. The third-order valence-electron chi connectivity index (χ3n) is 4.52. The molecule has 10 heteroatoms. The van der Waals surface area contributed by atoms with Gasteiger partial charge in [-0.05, 0) is 77.3 Å². The van der Waals surface area contributed by atoms with Crippen LogP contribution in [0.1, 0.15) is 27.3 Å². The third-order valence-corrected chi connectivity index (χ3v) is 7.98. The van der Waals surface area contributed by atoms with Crippen molar-refractivity contribution < 1.29 is 22.7 Å². The van der Waals surface area contributed by atoms with Gasteiger partial charge in [-0.25, -0.2) is 13.1 Å². The smallest absolute Gasteiger partial charge is 0.265 e. The number of thiophene rings is 1. The maximum atomic E-state index is 12.8. The summed E-state index contributed by atoms with van der Waals surface area (Å²) in [5, 5.41) is 5.53. The van der Waals surface area contributed by atoms with Gasteiger partial charge in [-0.2, -0.15) is 4.89 Å². The third kappa shape index (κ3) is 3.69. The van der Waals surface area contributed by atoms with E-state index in [1.165, 1.54) is 11.3 Å². The molecular weight excluding hydrogens is 468 g/mol. The molecule has 28 heavy (non-hydrogen) atoms. The molecule has 1 aromatic carbocycles. The van der Waals surface area contributed by atoms with Crippen molar-refractivity contribution in [1.82, 2.24) is 5.16 Å². The number of aromatic nitrogens is 1. The highest BCUT2D eigenvalue weighted by atomic mass is 79.9. The number of sulfonamides is 1. The van der Waals surface area contributed by atoms with Crippen LogP contribution in [-0.4, -0.2) is 13.6 Å². The monoisotopic (exact) mass is 484 g/mol. The molecule has 0 radical (unpaired) electrons. The lowest BCUT2D eigenvalue weighted by Crippen LogP contribution is -2.14. The van der Waals surface area contributed by atoms with E-state index in [1.807, 2.05) is 13.0 Å². The van der Waals surface area contributed by atoms with Gasteiger partial charge in [0.25, 0.3) is 15.9 Å². The zero-order valence-electron chi connectivity index (χ0n) is 15.1. The van der Waals surface area contributed by atoms with Crippen LogP contribution < -0.4 is 9.61 Å². The number of hydrogen-bond acceptors (Lipinski definition) is 7. The number of hydrogen-bond donors (Lipinski definition) is 1. The van der Waals surface area contributed by atoms with E-state index in [0.717, 1.165) is 27.3 Å². The van der Waals surface area contributed by atoms with Gasteiger partial charge in [-0.1, -0.05) is 5.16 Å². The Labute approximate surface area is 174 Å². The molecule has 0 bridgehead atoms. The summed E-state index contributed by atoms with van der Waals surface area (Å²) in [6.07, 6.45) is 1.32. The Morgan fingerprint density at radius 3 is 2.86 bits per heavy atom. The minimum Gasteiger partial charge on any atom is -0.337 e. The normalized spacial score (nSPS) is 13.4. The minimum absolute atomic E-state index is 0.0733. The highest BCUT2D eigenvalue weighted by Crippen LogP contribution is 2.32. The average Bonchev–Trinajstić information content (AvgIpc) is 3.36.